The van der Waals surface area contributed by atoms with Gasteiger partial charge in [0.25, 0.3) is 0 Å². The molecule has 15 heavy (non-hydrogen) atoms. The Hall–Kier alpha value is -0.590. The molecule has 2 fully saturated rings. The second kappa shape index (κ2) is 4.51. The summed E-state index contributed by atoms with van der Waals surface area (Å²) < 4.78 is 11.6. The molecule has 2 aliphatic rings. The second-order valence-electron chi connectivity index (χ2n) is 4.72. The first-order valence-electron chi connectivity index (χ1n) is 5.94. The van der Waals surface area contributed by atoms with Gasteiger partial charge in [-0.15, -0.1) is 0 Å². The average Bonchev–Trinajstić information content (AvgIpc) is 2.71. The van der Waals surface area contributed by atoms with Crippen molar-refractivity contribution in [1.29, 1.82) is 5.26 Å². The van der Waals surface area contributed by atoms with Crippen molar-refractivity contribution in [2.24, 2.45) is 11.8 Å². The largest absolute Gasteiger partial charge is 0.347 e. The highest BCUT2D eigenvalue weighted by molar-refractivity contribution is 4.91. The number of nitrogens with zero attached hydrogens (tertiary/aromatic N) is 1. The lowest BCUT2D eigenvalue weighted by Crippen LogP contribution is -2.42. The van der Waals surface area contributed by atoms with Crippen molar-refractivity contribution in [2.45, 2.75) is 44.8 Å². The first kappa shape index (κ1) is 10.9. The van der Waals surface area contributed by atoms with Crippen LogP contribution in [-0.4, -0.2) is 19.0 Å². The van der Waals surface area contributed by atoms with Gasteiger partial charge in [0, 0.05) is 18.3 Å². The Kier molecular flexibility index (Phi) is 3.28. The third kappa shape index (κ3) is 2.16. The molecule has 0 aromatic heterocycles. The minimum atomic E-state index is -0.330. The number of rotatable bonds is 2. The van der Waals surface area contributed by atoms with Crippen LogP contribution in [-0.2, 0) is 9.47 Å². The first-order chi connectivity index (χ1) is 7.27. The maximum absolute atomic E-state index is 8.87. The number of ether oxygens (including phenoxy) is 2. The van der Waals surface area contributed by atoms with Crippen LogP contribution in [0.1, 0.15) is 39.0 Å². The molecule has 3 nitrogen and oxygen atoms in total. The fraction of sp³-hybridized carbons (Fsp3) is 0.917. The molecule has 2 rings (SSSR count). The second-order valence-corrected chi connectivity index (χ2v) is 4.72. The fourth-order valence-corrected chi connectivity index (χ4v) is 2.81. The molecule has 1 spiro atoms. The Bertz CT molecular complexity index is 253. The summed E-state index contributed by atoms with van der Waals surface area (Å²) in [5.74, 6) is 0.199. The van der Waals surface area contributed by atoms with Crippen molar-refractivity contribution in [3.63, 3.8) is 0 Å². The molecule has 2 atom stereocenters. The molecular weight excluding hydrogens is 190 g/mol. The Labute approximate surface area is 91.4 Å². The normalized spacial score (nSPS) is 31.3. The van der Waals surface area contributed by atoms with Crippen LogP contribution in [0.25, 0.3) is 0 Å². The summed E-state index contributed by atoms with van der Waals surface area (Å²) in [4.78, 5) is 0. The molecule has 0 bridgehead atoms. The molecule has 3 heteroatoms. The van der Waals surface area contributed by atoms with Crippen LogP contribution in [0.15, 0.2) is 0 Å². The SMILES string of the molecule is CC(C#N)CC1CCCCC12OCCO2. The monoisotopic (exact) mass is 209 g/mol. The van der Waals surface area contributed by atoms with Gasteiger partial charge < -0.3 is 9.47 Å². The van der Waals surface area contributed by atoms with E-state index in [2.05, 4.69) is 6.07 Å². The summed E-state index contributed by atoms with van der Waals surface area (Å²) >= 11 is 0. The predicted molar refractivity (Wildman–Crippen MR) is 56.0 cm³/mol. The van der Waals surface area contributed by atoms with Crippen molar-refractivity contribution < 1.29 is 9.47 Å². The lowest BCUT2D eigenvalue weighted by molar-refractivity contribution is -0.215. The Morgan fingerprint density at radius 2 is 2.13 bits per heavy atom. The summed E-state index contributed by atoms with van der Waals surface area (Å²) in [6, 6.07) is 2.31. The van der Waals surface area contributed by atoms with Gasteiger partial charge in [-0.25, -0.2) is 0 Å². The summed E-state index contributed by atoms with van der Waals surface area (Å²) in [6.45, 7) is 3.42. The Balaban J connectivity index is 2.03. The zero-order valence-corrected chi connectivity index (χ0v) is 9.37. The standard InChI is InChI=1S/C12H19NO2/c1-10(9-13)8-11-4-2-3-5-12(11)14-6-7-15-12/h10-11H,2-8H2,1H3. The topological polar surface area (TPSA) is 42.2 Å². The quantitative estimate of drug-likeness (QED) is 0.701. The van der Waals surface area contributed by atoms with Crippen molar-refractivity contribution >= 4 is 0 Å². The van der Waals surface area contributed by atoms with E-state index in [9.17, 15) is 0 Å². The van der Waals surface area contributed by atoms with E-state index >= 15 is 0 Å². The van der Waals surface area contributed by atoms with Crippen LogP contribution >= 0.6 is 0 Å². The van der Waals surface area contributed by atoms with Gasteiger partial charge in [0.05, 0.1) is 19.3 Å². The summed E-state index contributed by atoms with van der Waals surface area (Å²) in [6.07, 6.45) is 5.51. The van der Waals surface area contributed by atoms with E-state index in [1.54, 1.807) is 0 Å². The van der Waals surface area contributed by atoms with Gasteiger partial charge in [-0.1, -0.05) is 6.42 Å². The highest BCUT2D eigenvalue weighted by atomic mass is 16.7. The molecule has 0 aromatic rings. The van der Waals surface area contributed by atoms with Crippen LogP contribution in [0.2, 0.25) is 0 Å². The van der Waals surface area contributed by atoms with Crippen LogP contribution < -0.4 is 0 Å². The van der Waals surface area contributed by atoms with E-state index in [-0.39, 0.29) is 11.7 Å². The molecule has 0 amide bonds. The van der Waals surface area contributed by atoms with Crippen LogP contribution in [0.3, 0.4) is 0 Å². The zero-order chi connectivity index (χ0) is 10.7. The van der Waals surface area contributed by atoms with Crippen LogP contribution in [0, 0.1) is 23.2 Å². The van der Waals surface area contributed by atoms with Gasteiger partial charge in [0.1, 0.15) is 0 Å². The predicted octanol–water partition coefficient (Wildman–Crippen LogP) is 2.47. The van der Waals surface area contributed by atoms with E-state index in [1.165, 1.54) is 12.8 Å². The molecule has 0 radical (unpaired) electrons. The molecule has 84 valence electrons. The molecule has 1 heterocycles. The van der Waals surface area contributed by atoms with Crippen LogP contribution in [0.5, 0.6) is 0 Å². The van der Waals surface area contributed by atoms with Gasteiger partial charge in [0.15, 0.2) is 5.79 Å². The van der Waals surface area contributed by atoms with Gasteiger partial charge in [-0.3, -0.25) is 0 Å². The highest BCUT2D eigenvalue weighted by Crippen LogP contribution is 2.43. The van der Waals surface area contributed by atoms with E-state index < -0.39 is 0 Å². The first-order valence-corrected chi connectivity index (χ1v) is 5.94. The average molecular weight is 209 g/mol. The molecule has 1 saturated heterocycles. The maximum Gasteiger partial charge on any atom is 0.171 e. The zero-order valence-electron chi connectivity index (χ0n) is 9.37. The number of hydrogen-bond acceptors (Lipinski definition) is 3. The van der Waals surface area contributed by atoms with E-state index in [0.29, 0.717) is 5.92 Å². The smallest absolute Gasteiger partial charge is 0.171 e. The van der Waals surface area contributed by atoms with Crippen molar-refractivity contribution in [2.75, 3.05) is 13.2 Å². The minimum Gasteiger partial charge on any atom is -0.347 e. The van der Waals surface area contributed by atoms with Gasteiger partial charge >= 0.3 is 0 Å². The van der Waals surface area contributed by atoms with Crippen molar-refractivity contribution in [3.05, 3.63) is 0 Å². The molecule has 0 aromatic carbocycles. The molecule has 1 saturated carbocycles. The highest BCUT2D eigenvalue weighted by Gasteiger charge is 2.45. The molecular formula is C12H19NO2. The van der Waals surface area contributed by atoms with Gasteiger partial charge in [-0.2, -0.15) is 5.26 Å². The van der Waals surface area contributed by atoms with Crippen LogP contribution in [0.4, 0.5) is 0 Å². The van der Waals surface area contributed by atoms with Gasteiger partial charge in [0.2, 0.25) is 0 Å². The number of nitriles is 1. The Morgan fingerprint density at radius 3 is 2.80 bits per heavy atom. The summed E-state index contributed by atoms with van der Waals surface area (Å²) in [5.41, 5.74) is 0. The molecule has 1 aliphatic carbocycles. The fourth-order valence-electron chi connectivity index (χ4n) is 2.81. The Morgan fingerprint density at radius 1 is 1.40 bits per heavy atom. The lowest BCUT2D eigenvalue weighted by atomic mass is 9.78. The van der Waals surface area contributed by atoms with E-state index in [4.69, 9.17) is 14.7 Å². The molecule has 0 N–H and O–H groups in total. The van der Waals surface area contributed by atoms with Crippen molar-refractivity contribution in [1.82, 2.24) is 0 Å². The molecule has 1 aliphatic heterocycles. The van der Waals surface area contributed by atoms with Crippen molar-refractivity contribution in [3.8, 4) is 6.07 Å². The molecule has 2 unspecified atom stereocenters. The summed E-state index contributed by atoms with van der Waals surface area (Å²) in [5, 5.41) is 8.87. The third-order valence-corrected chi connectivity index (χ3v) is 3.58. The van der Waals surface area contributed by atoms with E-state index in [0.717, 1.165) is 32.5 Å². The summed E-state index contributed by atoms with van der Waals surface area (Å²) in [7, 11) is 0. The number of hydrogen-bond donors (Lipinski definition) is 0. The van der Waals surface area contributed by atoms with E-state index in [1.807, 2.05) is 6.92 Å². The minimum absolute atomic E-state index is 0.109. The van der Waals surface area contributed by atoms with Gasteiger partial charge in [-0.05, 0) is 26.2 Å². The maximum atomic E-state index is 8.87. The third-order valence-electron chi connectivity index (χ3n) is 3.58. The lowest BCUT2D eigenvalue weighted by Gasteiger charge is -2.39.